The highest BCUT2D eigenvalue weighted by Gasteiger charge is 1.98. The van der Waals surface area contributed by atoms with Gasteiger partial charge in [0.05, 0.1) is 10.4 Å². The summed E-state index contributed by atoms with van der Waals surface area (Å²) in [7, 11) is 0. The minimum atomic E-state index is -0.291. The van der Waals surface area contributed by atoms with Crippen LogP contribution in [0.15, 0.2) is 17.2 Å². The highest BCUT2D eigenvalue weighted by molar-refractivity contribution is 5.05. The quantitative estimate of drug-likeness (QED) is 0.497. The Balaban J connectivity index is 3.37. The van der Waals surface area contributed by atoms with Crippen molar-refractivity contribution in [3.63, 3.8) is 0 Å². The van der Waals surface area contributed by atoms with Crippen molar-refractivity contribution < 1.29 is 0 Å². The van der Waals surface area contributed by atoms with Crippen molar-refractivity contribution in [3.8, 4) is 0 Å². The standard InChI is InChI=1S/C6H3N3O/c7-5-3-1-9-6(10)4(3)2-8-5/h1-2,7H. The summed E-state index contributed by atoms with van der Waals surface area (Å²) in [6.07, 6.45) is 2.76. The summed E-state index contributed by atoms with van der Waals surface area (Å²) in [6, 6.07) is 0. The molecule has 0 aromatic heterocycles. The molecule has 2 rings (SSSR count). The van der Waals surface area contributed by atoms with E-state index in [1.165, 1.54) is 12.4 Å². The molecule has 2 aliphatic heterocycles. The number of nitrogens with zero attached hydrogens (tertiary/aromatic N) is 2. The topological polar surface area (TPSA) is 66.7 Å². The van der Waals surface area contributed by atoms with Gasteiger partial charge in [-0.05, 0) is 0 Å². The molecule has 0 aromatic carbocycles. The Labute approximate surface area is 55.0 Å². The lowest BCUT2D eigenvalue weighted by molar-refractivity contribution is 1.11. The van der Waals surface area contributed by atoms with E-state index in [0.717, 1.165) is 0 Å². The smallest absolute Gasteiger partial charge is 0.279 e. The van der Waals surface area contributed by atoms with Crippen molar-refractivity contribution in [1.29, 1.82) is 5.41 Å². The average Bonchev–Trinajstić information content (AvgIpc) is 2.41. The lowest BCUT2D eigenvalue weighted by atomic mass is 10.4. The maximum absolute atomic E-state index is 10.8. The van der Waals surface area contributed by atoms with Gasteiger partial charge in [0.2, 0.25) is 0 Å². The van der Waals surface area contributed by atoms with Gasteiger partial charge in [-0.15, -0.1) is 0 Å². The summed E-state index contributed by atoms with van der Waals surface area (Å²) < 4.78 is 0. The first-order chi connectivity index (χ1) is 4.79. The van der Waals surface area contributed by atoms with Gasteiger partial charge in [0, 0.05) is 12.4 Å². The third-order valence-electron chi connectivity index (χ3n) is 1.41. The number of nitrogens with one attached hydrogen (secondary N) is 1. The molecule has 2 heterocycles. The van der Waals surface area contributed by atoms with E-state index in [2.05, 4.69) is 9.97 Å². The van der Waals surface area contributed by atoms with Crippen LogP contribution in [-0.2, 0) is 0 Å². The van der Waals surface area contributed by atoms with Crippen molar-refractivity contribution in [1.82, 2.24) is 9.97 Å². The molecule has 0 saturated heterocycles. The zero-order chi connectivity index (χ0) is 7.14. The van der Waals surface area contributed by atoms with Crippen LogP contribution >= 0.6 is 0 Å². The minimum Gasteiger partial charge on any atom is -0.282 e. The van der Waals surface area contributed by atoms with Gasteiger partial charge in [-0.1, -0.05) is 0 Å². The molecular weight excluding hydrogens is 130 g/mol. The maximum atomic E-state index is 10.8. The van der Waals surface area contributed by atoms with Crippen molar-refractivity contribution in [2.24, 2.45) is 0 Å². The van der Waals surface area contributed by atoms with Gasteiger partial charge < -0.3 is 0 Å². The zero-order valence-corrected chi connectivity index (χ0v) is 4.96. The molecule has 0 amide bonds. The zero-order valence-electron chi connectivity index (χ0n) is 4.96. The normalized spacial score (nSPS) is 10.8. The van der Waals surface area contributed by atoms with Crippen molar-refractivity contribution in [2.45, 2.75) is 0 Å². The second kappa shape index (κ2) is 1.47. The lowest BCUT2D eigenvalue weighted by Crippen LogP contribution is -1.98. The van der Waals surface area contributed by atoms with Crippen LogP contribution in [-0.4, -0.2) is 9.97 Å². The summed E-state index contributed by atoms with van der Waals surface area (Å²) >= 11 is 0. The molecule has 0 fully saturated rings. The van der Waals surface area contributed by atoms with E-state index in [9.17, 15) is 4.79 Å². The van der Waals surface area contributed by atoms with E-state index >= 15 is 0 Å². The molecule has 10 heavy (non-hydrogen) atoms. The average molecular weight is 133 g/mol. The molecule has 4 nitrogen and oxygen atoms in total. The molecule has 0 saturated carbocycles. The molecule has 0 atom stereocenters. The van der Waals surface area contributed by atoms with Gasteiger partial charge in [-0.3, -0.25) is 10.2 Å². The Kier molecular flexibility index (Phi) is 0.768. The fraction of sp³-hybridized carbons (Fsp3) is 0. The van der Waals surface area contributed by atoms with Gasteiger partial charge in [-0.2, -0.15) is 0 Å². The number of rotatable bonds is 0. The lowest BCUT2D eigenvalue weighted by Gasteiger charge is -1.61. The summed E-state index contributed by atoms with van der Waals surface area (Å²) in [5.41, 5.74) is -0.161. The first kappa shape index (κ1) is 5.22. The van der Waals surface area contributed by atoms with Gasteiger partial charge in [-0.25, -0.2) is 9.97 Å². The van der Waals surface area contributed by atoms with Crippen molar-refractivity contribution in [3.05, 3.63) is 38.7 Å². The Hall–Kier alpha value is -1.58. The molecule has 0 aliphatic carbocycles. The summed E-state index contributed by atoms with van der Waals surface area (Å²) in [6.45, 7) is 0. The van der Waals surface area contributed by atoms with E-state index in [1.54, 1.807) is 0 Å². The van der Waals surface area contributed by atoms with E-state index in [1.807, 2.05) is 0 Å². The van der Waals surface area contributed by atoms with Crippen LogP contribution in [0.3, 0.4) is 0 Å². The summed E-state index contributed by atoms with van der Waals surface area (Å²) in [4.78, 5) is 17.9. The number of hydrogen-bond acceptors (Lipinski definition) is 4. The number of aromatic nitrogens is 2. The fourth-order valence-electron chi connectivity index (χ4n) is 0.890. The largest absolute Gasteiger partial charge is 0.282 e. The third kappa shape index (κ3) is 0.452. The molecule has 0 bridgehead atoms. The first-order valence-corrected chi connectivity index (χ1v) is 2.75. The van der Waals surface area contributed by atoms with Crippen molar-refractivity contribution in [2.75, 3.05) is 0 Å². The van der Waals surface area contributed by atoms with Crippen LogP contribution in [0.25, 0.3) is 0 Å². The number of hydrogen-bond donors (Lipinski definition) is 1. The third-order valence-corrected chi connectivity index (χ3v) is 1.41. The van der Waals surface area contributed by atoms with Crippen LogP contribution in [0.1, 0.15) is 0 Å². The molecular formula is C6H3N3O. The Morgan fingerprint density at radius 1 is 1.20 bits per heavy atom. The molecule has 0 unspecified atom stereocenters. The Morgan fingerprint density at radius 2 is 1.90 bits per heavy atom. The van der Waals surface area contributed by atoms with Crippen LogP contribution in [0, 0.1) is 15.8 Å². The molecule has 0 aromatic rings. The van der Waals surface area contributed by atoms with Crippen LogP contribution < -0.4 is 11.0 Å². The molecule has 48 valence electrons. The molecule has 4 heteroatoms. The molecule has 1 N–H and O–H groups in total. The van der Waals surface area contributed by atoms with Crippen LogP contribution in [0.5, 0.6) is 0 Å². The van der Waals surface area contributed by atoms with Gasteiger partial charge in [0.1, 0.15) is 0 Å². The van der Waals surface area contributed by atoms with Gasteiger partial charge in [0.25, 0.3) is 5.56 Å². The molecule has 0 spiro atoms. The summed E-state index contributed by atoms with van der Waals surface area (Å²) in [5, 5.41) is 8.16. The van der Waals surface area contributed by atoms with Crippen molar-refractivity contribution >= 4 is 0 Å². The van der Waals surface area contributed by atoms with E-state index in [0.29, 0.717) is 10.4 Å². The van der Waals surface area contributed by atoms with Crippen LogP contribution in [0.4, 0.5) is 0 Å². The predicted octanol–water partition coefficient (Wildman–Crippen LogP) is -1.08. The Morgan fingerprint density at radius 3 is 2.60 bits per heavy atom. The second-order valence-electron chi connectivity index (χ2n) is 2.00. The van der Waals surface area contributed by atoms with E-state index in [-0.39, 0.29) is 11.0 Å². The highest BCUT2D eigenvalue weighted by atomic mass is 16.1. The van der Waals surface area contributed by atoms with Gasteiger partial charge in [0.15, 0.2) is 5.49 Å². The van der Waals surface area contributed by atoms with Crippen LogP contribution in [0.2, 0.25) is 0 Å². The molecule has 0 radical (unpaired) electrons. The monoisotopic (exact) mass is 133 g/mol. The minimum absolute atomic E-state index is 0.129. The van der Waals surface area contributed by atoms with E-state index < -0.39 is 0 Å². The fourth-order valence-corrected chi connectivity index (χ4v) is 0.890. The highest BCUT2D eigenvalue weighted by Crippen LogP contribution is 1.81. The molecule has 2 aliphatic rings. The summed E-state index contributed by atoms with van der Waals surface area (Å²) in [5.74, 6) is 0. The Bertz CT molecular complexity index is 447. The van der Waals surface area contributed by atoms with Gasteiger partial charge >= 0.3 is 0 Å². The second-order valence-corrected chi connectivity index (χ2v) is 2.00. The SMILES string of the molecule is N=c1ncc2c(=O)ncc1=2. The predicted molar refractivity (Wildman–Crippen MR) is 31.8 cm³/mol. The maximum Gasteiger partial charge on any atom is 0.279 e. The van der Waals surface area contributed by atoms with E-state index in [4.69, 9.17) is 5.41 Å². The first-order valence-electron chi connectivity index (χ1n) is 2.75.